The van der Waals surface area contributed by atoms with Crippen molar-refractivity contribution in [3.8, 4) is 22.9 Å². The lowest BCUT2D eigenvalue weighted by Crippen LogP contribution is -2.15. The van der Waals surface area contributed by atoms with E-state index < -0.39 is 0 Å². The number of aromatic nitrogens is 3. The van der Waals surface area contributed by atoms with Gasteiger partial charge >= 0.3 is 0 Å². The number of H-pyrrole nitrogens is 1. The van der Waals surface area contributed by atoms with Gasteiger partial charge in [-0.15, -0.1) is 0 Å². The molecule has 1 heterocycles. The standard InChI is InChI=1S/C22H26N4O3S/c1-4-13-29-18-9-10-19(15(2)14-18)23-20(27)11-12-26-21(24-25-22(26)30)16-5-7-17(28-3)8-6-16/h5-10,14H,4,11-13H2,1-3H3,(H,23,27)(H,25,30). The summed E-state index contributed by atoms with van der Waals surface area (Å²) in [6.07, 6.45) is 1.22. The lowest BCUT2D eigenvalue weighted by atomic mass is 10.2. The highest BCUT2D eigenvalue weighted by atomic mass is 32.1. The molecule has 7 nitrogen and oxygen atoms in total. The van der Waals surface area contributed by atoms with Gasteiger partial charge in [-0.25, -0.2) is 0 Å². The average molecular weight is 427 g/mol. The molecular formula is C22H26N4O3S. The maximum atomic E-state index is 12.5. The topological polar surface area (TPSA) is 81.2 Å². The van der Waals surface area contributed by atoms with Gasteiger partial charge in [-0.3, -0.25) is 14.5 Å². The van der Waals surface area contributed by atoms with Crippen LogP contribution in [0.15, 0.2) is 42.5 Å². The third-order valence-electron chi connectivity index (χ3n) is 4.61. The van der Waals surface area contributed by atoms with Crippen molar-refractivity contribution in [2.45, 2.75) is 33.2 Å². The Morgan fingerprint density at radius 1 is 1.20 bits per heavy atom. The van der Waals surface area contributed by atoms with Gasteiger partial charge in [0, 0.05) is 24.2 Å². The number of benzene rings is 2. The summed E-state index contributed by atoms with van der Waals surface area (Å²) in [5.41, 5.74) is 2.62. The summed E-state index contributed by atoms with van der Waals surface area (Å²) < 4.78 is 13.1. The molecule has 0 fully saturated rings. The molecule has 0 saturated heterocycles. The van der Waals surface area contributed by atoms with E-state index in [0.717, 1.165) is 34.7 Å². The van der Waals surface area contributed by atoms with Gasteiger partial charge < -0.3 is 14.8 Å². The van der Waals surface area contributed by atoms with Gasteiger partial charge in [0.1, 0.15) is 11.5 Å². The minimum atomic E-state index is -0.0934. The Bertz CT molecular complexity index is 1060. The molecule has 0 unspecified atom stereocenters. The minimum absolute atomic E-state index is 0.0934. The second kappa shape index (κ2) is 10.1. The molecule has 3 rings (SSSR count). The Labute approximate surface area is 181 Å². The Kier molecular flexibility index (Phi) is 7.24. The van der Waals surface area contributed by atoms with Gasteiger partial charge in [-0.05, 0) is 73.6 Å². The van der Waals surface area contributed by atoms with E-state index in [1.807, 2.05) is 54.0 Å². The van der Waals surface area contributed by atoms with Crippen molar-refractivity contribution in [1.82, 2.24) is 14.8 Å². The van der Waals surface area contributed by atoms with Crippen LogP contribution in [0, 0.1) is 11.7 Å². The number of carbonyl (C=O) groups excluding carboxylic acids is 1. The van der Waals surface area contributed by atoms with E-state index >= 15 is 0 Å². The summed E-state index contributed by atoms with van der Waals surface area (Å²) in [5, 5.41) is 10.1. The summed E-state index contributed by atoms with van der Waals surface area (Å²) in [7, 11) is 1.62. The zero-order chi connectivity index (χ0) is 21.5. The molecule has 2 N–H and O–H groups in total. The van der Waals surface area contributed by atoms with Crippen LogP contribution >= 0.6 is 12.2 Å². The quantitative estimate of drug-likeness (QED) is 0.483. The van der Waals surface area contributed by atoms with E-state index in [0.29, 0.717) is 23.7 Å². The molecule has 0 aliphatic heterocycles. The highest BCUT2D eigenvalue weighted by Crippen LogP contribution is 2.23. The molecule has 3 aromatic rings. The Morgan fingerprint density at radius 3 is 2.60 bits per heavy atom. The number of nitrogens with zero attached hydrogens (tertiary/aromatic N) is 2. The molecule has 1 aromatic heterocycles. The molecule has 0 atom stereocenters. The number of carbonyl (C=O) groups is 1. The van der Waals surface area contributed by atoms with Gasteiger partial charge in [-0.2, -0.15) is 5.10 Å². The summed E-state index contributed by atoms with van der Waals surface area (Å²) in [6, 6.07) is 13.2. The minimum Gasteiger partial charge on any atom is -0.497 e. The van der Waals surface area contributed by atoms with Crippen molar-refractivity contribution < 1.29 is 14.3 Å². The first-order valence-corrected chi connectivity index (χ1v) is 10.3. The van der Waals surface area contributed by atoms with Crippen molar-refractivity contribution in [3.05, 3.63) is 52.8 Å². The maximum Gasteiger partial charge on any atom is 0.226 e. The van der Waals surface area contributed by atoms with E-state index in [4.69, 9.17) is 21.7 Å². The van der Waals surface area contributed by atoms with E-state index in [1.165, 1.54) is 0 Å². The van der Waals surface area contributed by atoms with Crippen LogP contribution < -0.4 is 14.8 Å². The highest BCUT2D eigenvalue weighted by Gasteiger charge is 2.12. The van der Waals surface area contributed by atoms with Crippen molar-refractivity contribution in [2.24, 2.45) is 0 Å². The van der Waals surface area contributed by atoms with Gasteiger partial charge in [0.15, 0.2) is 10.6 Å². The van der Waals surface area contributed by atoms with Gasteiger partial charge in [0.05, 0.1) is 13.7 Å². The normalized spacial score (nSPS) is 10.6. The van der Waals surface area contributed by atoms with Crippen molar-refractivity contribution in [3.63, 3.8) is 0 Å². The van der Waals surface area contributed by atoms with Crippen LogP contribution in [-0.2, 0) is 11.3 Å². The fraction of sp³-hybridized carbons (Fsp3) is 0.318. The van der Waals surface area contributed by atoms with Crippen molar-refractivity contribution in [1.29, 1.82) is 0 Å². The van der Waals surface area contributed by atoms with Crippen LogP contribution in [0.2, 0.25) is 0 Å². The fourth-order valence-electron chi connectivity index (χ4n) is 3.00. The second-order valence-corrected chi connectivity index (χ2v) is 7.24. The summed E-state index contributed by atoms with van der Waals surface area (Å²) >= 11 is 5.35. The predicted octanol–water partition coefficient (Wildman–Crippen LogP) is 4.74. The van der Waals surface area contributed by atoms with Crippen LogP contribution in [0.25, 0.3) is 11.4 Å². The number of ether oxygens (including phenoxy) is 2. The van der Waals surface area contributed by atoms with Gasteiger partial charge in [0.2, 0.25) is 5.91 Å². The number of hydrogen-bond acceptors (Lipinski definition) is 5. The molecule has 0 aliphatic carbocycles. The van der Waals surface area contributed by atoms with Crippen LogP contribution in [0.1, 0.15) is 25.3 Å². The lowest BCUT2D eigenvalue weighted by molar-refractivity contribution is -0.116. The zero-order valence-corrected chi connectivity index (χ0v) is 18.2. The number of nitrogens with one attached hydrogen (secondary N) is 2. The van der Waals surface area contributed by atoms with Gasteiger partial charge in [0.25, 0.3) is 0 Å². The third-order valence-corrected chi connectivity index (χ3v) is 4.93. The number of amides is 1. The number of aryl methyl sites for hydroxylation is 1. The maximum absolute atomic E-state index is 12.5. The molecule has 0 radical (unpaired) electrons. The highest BCUT2D eigenvalue weighted by molar-refractivity contribution is 7.71. The van der Waals surface area contributed by atoms with Crippen LogP contribution in [0.4, 0.5) is 5.69 Å². The van der Waals surface area contributed by atoms with Crippen molar-refractivity contribution in [2.75, 3.05) is 19.0 Å². The number of anilines is 1. The third kappa shape index (κ3) is 5.27. The number of methoxy groups -OCH3 is 1. The van der Waals surface area contributed by atoms with Gasteiger partial charge in [-0.1, -0.05) is 6.92 Å². The Hall–Kier alpha value is -3.13. The SMILES string of the molecule is CCCOc1ccc(NC(=O)CCn2c(-c3ccc(OC)cc3)n[nH]c2=S)c(C)c1. The molecule has 0 spiro atoms. The largest absolute Gasteiger partial charge is 0.497 e. The number of hydrogen-bond donors (Lipinski definition) is 2. The first-order valence-electron chi connectivity index (χ1n) is 9.84. The van der Waals surface area contributed by atoms with E-state index in [-0.39, 0.29) is 12.3 Å². The smallest absolute Gasteiger partial charge is 0.226 e. The van der Waals surface area contributed by atoms with Crippen molar-refractivity contribution >= 4 is 23.8 Å². The Balaban J connectivity index is 1.65. The lowest BCUT2D eigenvalue weighted by Gasteiger charge is -2.12. The average Bonchev–Trinajstić information content (AvgIpc) is 3.13. The van der Waals surface area contributed by atoms with E-state index in [2.05, 4.69) is 22.4 Å². The fourth-order valence-corrected chi connectivity index (χ4v) is 3.22. The molecule has 2 aromatic carbocycles. The molecule has 0 bridgehead atoms. The first kappa shape index (κ1) is 21.6. The van der Waals surface area contributed by atoms with Crippen LogP contribution in [0.5, 0.6) is 11.5 Å². The van der Waals surface area contributed by atoms with Crippen LogP contribution in [-0.4, -0.2) is 34.4 Å². The molecular weight excluding hydrogens is 400 g/mol. The summed E-state index contributed by atoms with van der Waals surface area (Å²) in [6.45, 7) is 5.10. The predicted molar refractivity (Wildman–Crippen MR) is 120 cm³/mol. The molecule has 1 amide bonds. The first-order chi connectivity index (χ1) is 14.5. The number of rotatable bonds is 9. The monoisotopic (exact) mass is 426 g/mol. The molecule has 8 heteroatoms. The summed E-state index contributed by atoms with van der Waals surface area (Å²) in [5.74, 6) is 2.16. The summed E-state index contributed by atoms with van der Waals surface area (Å²) in [4.78, 5) is 12.5. The van der Waals surface area contributed by atoms with E-state index in [1.54, 1.807) is 7.11 Å². The molecule has 0 saturated carbocycles. The zero-order valence-electron chi connectivity index (χ0n) is 17.4. The molecule has 158 valence electrons. The van der Waals surface area contributed by atoms with Crippen LogP contribution in [0.3, 0.4) is 0 Å². The molecule has 30 heavy (non-hydrogen) atoms. The molecule has 0 aliphatic rings. The van der Waals surface area contributed by atoms with E-state index in [9.17, 15) is 4.79 Å². The second-order valence-electron chi connectivity index (χ2n) is 6.86. The number of aromatic amines is 1. The Morgan fingerprint density at radius 2 is 1.93 bits per heavy atom.